The lowest BCUT2D eigenvalue weighted by Crippen LogP contribution is -2.12. The Morgan fingerprint density at radius 3 is 2.05 bits per heavy atom. The van der Waals surface area contributed by atoms with Gasteiger partial charge in [-0.3, -0.25) is 9.00 Å². The number of hydrogen-bond donors (Lipinski definition) is 1. The van der Waals surface area contributed by atoms with Crippen LogP contribution in [0.5, 0.6) is 0 Å². The van der Waals surface area contributed by atoms with E-state index in [9.17, 15) is 13.8 Å². The molecule has 0 saturated carbocycles. The van der Waals surface area contributed by atoms with E-state index in [0.717, 1.165) is 5.56 Å². The Morgan fingerprint density at radius 2 is 1.50 bits per heavy atom. The van der Waals surface area contributed by atoms with Gasteiger partial charge in [0.25, 0.3) is 0 Å². The van der Waals surface area contributed by atoms with E-state index in [1.54, 1.807) is 36.4 Å². The van der Waals surface area contributed by atoms with Crippen LogP contribution in [0.3, 0.4) is 0 Å². The Bertz CT molecular complexity index is 708. The molecule has 0 spiro atoms. The third kappa shape index (κ3) is 4.51. The van der Waals surface area contributed by atoms with Crippen molar-refractivity contribution in [2.45, 2.75) is 5.75 Å². The molecule has 6 heteroatoms. The summed E-state index contributed by atoms with van der Waals surface area (Å²) in [6.07, 6.45) is 0. The van der Waals surface area contributed by atoms with Crippen LogP contribution in [0.2, 0.25) is 5.02 Å². The molecule has 1 atom stereocenters. The summed E-state index contributed by atoms with van der Waals surface area (Å²) in [6, 6.07) is 12.5. The van der Waals surface area contributed by atoms with Crippen LogP contribution in [0.4, 0.5) is 0 Å². The number of benzene rings is 2. The first-order valence-electron chi connectivity index (χ1n) is 6.41. The van der Waals surface area contributed by atoms with Crippen LogP contribution in [0.15, 0.2) is 48.5 Å². The second kappa shape index (κ2) is 7.33. The molecule has 0 aliphatic rings. The summed E-state index contributed by atoms with van der Waals surface area (Å²) in [7, 11) is -1.35. The fraction of sp³-hybridized carbons (Fsp3) is 0.125. The van der Waals surface area contributed by atoms with E-state index in [4.69, 9.17) is 16.7 Å². The first kappa shape index (κ1) is 16.4. The molecule has 0 aliphatic heterocycles. The number of halogens is 1. The van der Waals surface area contributed by atoms with Gasteiger partial charge in [0.15, 0.2) is 5.78 Å². The third-order valence-corrected chi connectivity index (χ3v) is 4.48. The molecular weight excluding hydrogens is 324 g/mol. The topological polar surface area (TPSA) is 71.4 Å². The molecule has 0 aromatic heterocycles. The predicted molar refractivity (Wildman–Crippen MR) is 85.9 cm³/mol. The molecule has 22 heavy (non-hydrogen) atoms. The molecule has 2 aromatic rings. The van der Waals surface area contributed by atoms with Crippen molar-refractivity contribution in [3.05, 3.63) is 70.2 Å². The molecular formula is C16H13ClO4S. The molecule has 2 rings (SSSR count). The summed E-state index contributed by atoms with van der Waals surface area (Å²) in [4.78, 5) is 22.7. The standard InChI is InChI=1S/C16H13ClO4S/c17-14-7-5-12(6-8-14)15(18)10-22(21)9-11-1-3-13(4-2-11)16(19)20/h1-8H,9-10H2,(H,19,20). The van der Waals surface area contributed by atoms with Crippen LogP contribution in [0.25, 0.3) is 0 Å². The molecule has 1 N–H and O–H groups in total. The number of rotatable bonds is 6. The van der Waals surface area contributed by atoms with Gasteiger partial charge in [0.1, 0.15) is 0 Å². The number of aromatic carboxylic acids is 1. The summed E-state index contributed by atoms with van der Waals surface area (Å²) in [5, 5.41) is 9.35. The Kier molecular flexibility index (Phi) is 5.46. The van der Waals surface area contributed by atoms with Crippen molar-refractivity contribution in [1.29, 1.82) is 0 Å². The lowest BCUT2D eigenvalue weighted by Gasteiger charge is -2.04. The summed E-state index contributed by atoms with van der Waals surface area (Å²) >= 11 is 5.75. The van der Waals surface area contributed by atoms with Gasteiger partial charge in [0.05, 0.1) is 11.3 Å². The summed E-state index contributed by atoms with van der Waals surface area (Å²) in [5.74, 6) is -1.09. The maximum Gasteiger partial charge on any atom is 0.335 e. The number of ketones is 1. The van der Waals surface area contributed by atoms with E-state index in [1.165, 1.54) is 12.1 Å². The highest BCUT2D eigenvalue weighted by Gasteiger charge is 2.11. The molecule has 0 fully saturated rings. The number of carboxylic acid groups (broad SMARTS) is 1. The van der Waals surface area contributed by atoms with Gasteiger partial charge in [0.2, 0.25) is 0 Å². The number of Topliss-reactive ketones (excluding diaryl/α,β-unsaturated/α-hetero) is 1. The van der Waals surface area contributed by atoms with Gasteiger partial charge in [-0.25, -0.2) is 4.79 Å². The number of carboxylic acids is 1. The van der Waals surface area contributed by atoms with E-state index < -0.39 is 16.8 Å². The molecule has 0 heterocycles. The molecule has 0 bridgehead atoms. The molecule has 0 radical (unpaired) electrons. The zero-order valence-corrected chi connectivity index (χ0v) is 13.1. The zero-order chi connectivity index (χ0) is 16.1. The fourth-order valence-electron chi connectivity index (χ4n) is 1.85. The highest BCUT2D eigenvalue weighted by molar-refractivity contribution is 7.85. The largest absolute Gasteiger partial charge is 0.478 e. The van der Waals surface area contributed by atoms with Gasteiger partial charge in [-0.15, -0.1) is 0 Å². The minimum absolute atomic E-state index is 0.0810. The van der Waals surface area contributed by atoms with Gasteiger partial charge >= 0.3 is 5.97 Å². The van der Waals surface area contributed by atoms with Gasteiger partial charge < -0.3 is 5.11 Å². The SMILES string of the molecule is O=C(O)c1ccc(CS(=O)CC(=O)c2ccc(Cl)cc2)cc1. The Morgan fingerprint density at radius 1 is 0.955 bits per heavy atom. The number of hydrogen-bond acceptors (Lipinski definition) is 3. The van der Waals surface area contributed by atoms with Crippen molar-refractivity contribution in [2.24, 2.45) is 0 Å². The number of carbonyl (C=O) groups is 2. The lowest BCUT2D eigenvalue weighted by atomic mass is 10.1. The van der Waals surface area contributed by atoms with Crippen molar-refractivity contribution < 1.29 is 18.9 Å². The van der Waals surface area contributed by atoms with E-state index in [-0.39, 0.29) is 22.9 Å². The van der Waals surface area contributed by atoms with Crippen molar-refractivity contribution in [1.82, 2.24) is 0 Å². The van der Waals surface area contributed by atoms with Crippen LogP contribution >= 0.6 is 11.6 Å². The van der Waals surface area contributed by atoms with E-state index >= 15 is 0 Å². The second-order valence-electron chi connectivity index (χ2n) is 4.66. The van der Waals surface area contributed by atoms with Crippen molar-refractivity contribution in [3.63, 3.8) is 0 Å². The highest BCUT2D eigenvalue weighted by atomic mass is 35.5. The molecule has 0 saturated heterocycles. The summed E-state index contributed by atoms with van der Waals surface area (Å²) in [5.41, 5.74) is 1.37. The van der Waals surface area contributed by atoms with Crippen LogP contribution < -0.4 is 0 Å². The Balaban J connectivity index is 1.96. The van der Waals surface area contributed by atoms with Crippen molar-refractivity contribution in [3.8, 4) is 0 Å². The first-order chi connectivity index (χ1) is 10.5. The second-order valence-corrected chi connectivity index (χ2v) is 6.55. The maximum absolute atomic E-state index is 12.0. The van der Waals surface area contributed by atoms with Crippen LogP contribution in [-0.2, 0) is 16.6 Å². The molecule has 4 nitrogen and oxygen atoms in total. The van der Waals surface area contributed by atoms with Gasteiger partial charge in [-0.1, -0.05) is 23.7 Å². The lowest BCUT2D eigenvalue weighted by molar-refractivity contribution is 0.0696. The van der Waals surface area contributed by atoms with E-state index in [2.05, 4.69) is 0 Å². The van der Waals surface area contributed by atoms with Gasteiger partial charge in [-0.2, -0.15) is 0 Å². The monoisotopic (exact) mass is 336 g/mol. The normalized spacial score (nSPS) is 11.9. The molecule has 0 aliphatic carbocycles. The molecule has 114 valence electrons. The fourth-order valence-corrected chi connectivity index (χ4v) is 3.10. The number of carbonyl (C=O) groups excluding carboxylic acids is 1. The van der Waals surface area contributed by atoms with Crippen molar-refractivity contribution >= 4 is 34.2 Å². The molecule has 2 aromatic carbocycles. The van der Waals surface area contributed by atoms with Gasteiger partial charge in [0, 0.05) is 27.1 Å². The predicted octanol–water partition coefficient (Wildman–Crippen LogP) is 3.17. The third-order valence-electron chi connectivity index (χ3n) is 2.99. The van der Waals surface area contributed by atoms with Crippen LogP contribution in [0, 0.1) is 0 Å². The molecule has 0 amide bonds. The zero-order valence-electron chi connectivity index (χ0n) is 11.5. The van der Waals surface area contributed by atoms with E-state index in [0.29, 0.717) is 10.6 Å². The van der Waals surface area contributed by atoms with Crippen molar-refractivity contribution in [2.75, 3.05) is 5.75 Å². The first-order valence-corrected chi connectivity index (χ1v) is 8.28. The average molecular weight is 337 g/mol. The van der Waals surface area contributed by atoms with Gasteiger partial charge in [-0.05, 0) is 42.0 Å². The summed E-state index contributed by atoms with van der Waals surface area (Å²) in [6.45, 7) is 0. The summed E-state index contributed by atoms with van der Waals surface area (Å²) < 4.78 is 12.0. The van der Waals surface area contributed by atoms with Crippen LogP contribution in [0.1, 0.15) is 26.3 Å². The Hall–Kier alpha value is -1.98. The highest BCUT2D eigenvalue weighted by Crippen LogP contribution is 2.12. The minimum atomic E-state index is -1.35. The van der Waals surface area contributed by atoms with E-state index in [1.807, 2.05) is 0 Å². The smallest absolute Gasteiger partial charge is 0.335 e. The molecule has 1 unspecified atom stereocenters. The Labute approximate surface area is 135 Å². The van der Waals surface area contributed by atoms with Crippen LogP contribution in [-0.4, -0.2) is 26.8 Å². The average Bonchev–Trinajstić information content (AvgIpc) is 2.48. The maximum atomic E-state index is 12.0. The minimum Gasteiger partial charge on any atom is -0.478 e. The quantitative estimate of drug-likeness (QED) is 0.822.